The topological polar surface area (TPSA) is 187 Å². The Kier molecular flexibility index (Phi) is 16.5. The third-order valence-electron chi connectivity index (χ3n) is 12.1. The van der Waals surface area contributed by atoms with Crippen LogP contribution in [0.25, 0.3) is 0 Å². The molecule has 3 aliphatic carbocycles. The predicted octanol–water partition coefficient (Wildman–Crippen LogP) is 6.22. The molecular weight excluding hydrogens is 787 g/mol. The molecular formula is C46H63N3O12. The van der Waals surface area contributed by atoms with Gasteiger partial charge in [0.25, 0.3) is 0 Å². The molecule has 2 aromatic carbocycles. The Hall–Kier alpha value is -4.67. The van der Waals surface area contributed by atoms with Crippen molar-refractivity contribution in [2.24, 2.45) is 28.8 Å². The lowest BCUT2D eigenvalue weighted by Gasteiger charge is -2.60. The summed E-state index contributed by atoms with van der Waals surface area (Å²) in [5, 5.41) is 36.8. The number of rotatable bonds is 24. The summed E-state index contributed by atoms with van der Waals surface area (Å²) in [6.45, 7) is 6.88. The van der Waals surface area contributed by atoms with Crippen LogP contribution in [0.5, 0.6) is 23.0 Å². The average Bonchev–Trinajstić information content (AvgIpc) is 4.12. The fraction of sp³-hybridized carbons (Fsp3) is 0.587. The van der Waals surface area contributed by atoms with E-state index in [4.69, 9.17) is 38.4 Å². The Morgan fingerprint density at radius 2 is 1.75 bits per heavy atom. The molecule has 1 heterocycles. The summed E-state index contributed by atoms with van der Waals surface area (Å²) in [4.78, 5) is 35.6. The van der Waals surface area contributed by atoms with E-state index in [-0.39, 0.29) is 87.9 Å². The van der Waals surface area contributed by atoms with E-state index in [9.17, 15) is 24.9 Å². The van der Waals surface area contributed by atoms with Crippen LogP contribution in [0.4, 0.5) is 10.5 Å². The smallest absolute Gasteiger partial charge is 0.417 e. The monoisotopic (exact) mass is 849 g/mol. The molecule has 4 aliphatic rings. The van der Waals surface area contributed by atoms with Crippen LogP contribution in [0, 0.1) is 23.7 Å². The maximum absolute atomic E-state index is 14.5. The molecule has 6 atom stereocenters. The van der Waals surface area contributed by atoms with Gasteiger partial charge in [-0.05, 0) is 93.2 Å². The normalized spacial score (nSPS) is 24.4. The van der Waals surface area contributed by atoms with Crippen molar-refractivity contribution in [2.45, 2.75) is 82.5 Å². The van der Waals surface area contributed by atoms with Gasteiger partial charge in [0, 0.05) is 49.6 Å². The number of nitrogens with one attached hydrogen (secondary N) is 1. The van der Waals surface area contributed by atoms with Crippen LogP contribution in [-0.2, 0) is 19.1 Å². The number of carbonyl (C=O) groups is 2. The lowest BCUT2D eigenvalue weighted by Crippen LogP contribution is -2.70. The minimum Gasteiger partial charge on any atom is -0.497 e. The molecule has 0 aromatic heterocycles. The lowest BCUT2D eigenvalue weighted by atomic mass is 9.55. The third-order valence-corrected chi connectivity index (χ3v) is 12.1. The number of oxime groups is 1. The number of ether oxygens (including phenoxy) is 6. The van der Waals surface area contributed by atoms with E-state index in [2.05, 4.69) is 18.0 Å². The van der Waals surface area contributed by atoms with Gasteiger partial charge < -0.3 is 53.5 Å². The molecule has 0 spiro atoms. The van der Waals surface area contributed by atoms with Crippen molar-refractivity contribution in [2.75, 3.05) is 72.3 Å². The molecule has 2 amide bonds. The van der Waals surface area contributed by atoms with Gasteiger partial charge >= 0.3 is 6.09 Å². The zero-order valence-electron chi connectivity index (χ0n) is 35.7. The quantitative estimate of drug-likeness (QED) is 0.0532. The number of benzene rings is 2. The summed E-state index contributed by atoms with van der Waals surface area (Å²) < 4.78 is 36.8. The van der Waals surface area contributed by atoms with E-state index in [1.54, 1.807) is 43.5 Å². The zero-order chi connectivity index (χ0) is 43.4. The molecule has 6 rings (SSSR count). The number of fused-ring (bicyclic) bond motifs is 2. The highest BCUT2D eigenvalue weighted by Gasteiger charge is 2.66. The number of nitrogens with zero attached hydrogens (tertiary/aromatic N) is 2. The van der Waals surface area contributed by atoms with Crippen molar-refractivity contribution in [1.29, 1.82) is 0 Å². The van der Waals surface area contributed by atoms with Crippen LogP contribution in [0.1, 0.15) is 76.2 Å². The maximum Gasteiger partial charge on any atom is 0.417 e. The van der Waals surface area contributed by atoms with E-state index >= 15 is 0 Å². The highest BCUT2D eigenvalue weighted by atomic mass is 16.7. The fourth-order valence-corrected chi connectivity index (χ4v) is 9.31. The van der Waals surface area contributed by atoms with Crippen LogP contribution >= 0.6 is 0 Å². The summed E-state index contributed by atoms with van der Waals surface area (Å²) in [6, 6.07) is 9.69. The average molecular weight is 850 g/mol. The molecule has 1 aliphatic heterocycles. The van der Waals surface area contributed by atoms with Gasteiger partial charge in [-0.15, -0.1) is 6.58 Å². The fourth-order valence-electron chi connectivity index (χ4n) is 9.31. The number of aliphatic hydroxyl groups excluding tert-OH is 3. The number of hydrogen-bond acceptors (Lipinski definition) is 13. The Morgan fingerprint density at radius 3 is 2.44 bits per heavy atom. The minimum atomic E-state index is -1.43. The standard InChI is InChI=1S/C46H63N3O12/c1-5-23-58-46-41(49(19-24-57-25-22-52)44(53)30-13-14-30)29-38(48-59-6-2)35-26-31(11-7-9-20-50)34(12-8-10-21-51)42(43(35)46)36-27-33(16-18-39(36)61-46)60-45(54)47-37-17-15-32(55-3)28-40(37)56-4/h5,15-18,26-28,30-31,34,41-43,50-52H,1,6-14,19-25,29H2,2-4H3,(H,47,54). The SMILES string of the molecule is C=CCOC12Oc3ccc(OC(=O)Nc4ccc(OC)cc4OC)cc3C3C(CCCCO)C(CCCCO)C=C(C(=NOCC)CC1N(CCOCCO)C(=O)C1CC1)C32. The van der Waals surface area contributed by atoms with Crippen LogP contribution in [-0.4, -0.2) is 117 Å². The van der Waals surface area contributed by atoms with Crippen molar-refractivity contribution in [1.82, 2.24) is 4.90 Å². The molecule has 2 fully saturated rings. The molecule has 2 saturated carbocycles. The Balaban J connectivity index is 1.51. The lowest BCUT2D eigenvalue weighted by molar-refractivity contribution is -0.258. The predicted molar refractivity (Wildman–Crippen MR) is 228 cm³/mol. The first kappa shape index (κ1) is 45.8. The second kappa shape index (κ2) is 21.9. The molecule has 6 unspecified atom stereocenters. The van der Waals surface area contributed by atoms with Crippen molar-refractivity contribution in [3.8, 4) is 23.0 Å². The van der Waals surface area contributed by atoms with Crippen LogP contribution in [0.15, 0.2) is 65.9 Å². The largest absolute Gasteiger partial charge is 0.497 e. The van der Waals surface area contributed by atoms with Gasteiger partial charge in [0.05, 0.1) is 58.0 Å². The van der Waals surface area contributed by atoms with Gasteiger partial charge in [-0.3, -0.25) is 10.1 Å². The Labute approximate surface area is 358 Å². The van der Waals surface area contributed by atoms with Gasteiger partial charge in [0.2, 0.25) is 11.7 Å². The number of amides is 2. The van der Waals surface area contributed by atoms with Crippen LogP contribution in [0.3, 0.4) is 0 Å². The molecule has 15 nitrogen and oxygen atoms in total. The molecule has 61 heavy (non-hydrogen) atoms. The molecule has 0 saturated heterocycles. The van der Waals surface area contributed by atoms with Crippen molar-refractivity contribution < 1.29 is 58.2 Å². The number of carbonyl (C=O) groups excluding carboxylic acids is 2. The Bertz CT molecular complexity index is 1870. The minimum absolute atomic E-state index is 0.0197. The third kappa shape index (κ3) is 10.5. The summed E-state index contributed by atoms with van der Waals surface area (Å²) in [6.07, 6.45) is 9.41. The first-order valence-corrected chi connectivity index (χ1v) is 21.7. The van der Waals surface area contributed by atoms with Crippen molar-refractivity contribution in [3.05, 3.63) is 66.3 Å². The van der Waals surface area contributed by atoms with E-state index in [0.717, 1.165) is 49.7 Å². The van der Waals surface area contributed by atoms with E-state index < -0.39 is 23.8 Å². The van der Waals surface area contributed by atoms with Crippen LogP contribution in [0.2, 0.25) is 0 Å². The second-order valence-electron chi connectivity index (χ2n) is 15.9. The van der Waals surface area contributed by atoms with Crippen LogP contribution < -0.4 is 24.3 Å². The van der Waals surface area contributed by atoms with E-state index in [1.165, 1.54) is 7.11 Å². The first-order valence-electron chi connectivity index (χ1n) is 21.7. The number of hydrogen-bond donors (Lipinski definition) is 4. The first-order chi connectivity index (χ1) is 29.8. The second-order valence-corrected chi connectivity index (χ2v) is 15.9. The van der Waals surface area contributed by atoms with E-state index in [0.29, 0.717) is 48.1 Å². The number of methoxy groups -OCH3 is 2. The molecule has 4 N–H and O–H groups in total. The number of unbranched alkanes of at least 4 members (excludes halogenated alkanes) is 2. The summed E-state index contributed by atoms with van der Waals surface area (Å²) in [5.74, 6) is -0.624. The van der Waals surface area contributed by atoms with E-state index in [1.807, 2.05) is 17.9 Å². The van der Waals surface area contributed by atoms with Crippen molar-refractivity contribution >= 4 is 23.4 Å². The summed E-state index contributed by atoms with van der Waals surface area (Å²) >= 11 is 0. The highest BCUT2D eigenvalue weighted by molar-refractivity contribution is 6.03. The summed E-state index contributed by atoms with van der Waals surface area (Å²) in [5.41, 5.74) is 2.81. The summed E-state index contributed by atoms with van der Waals surface area (Å²) in [7, 11) is 3.05. The highest BCUT2D eigenvalue weighted by Crippen LogP contribution is 2.62. The number of aliphatic hydroxyl groups is 3. The van der Waals surface area contributed by atoms with Gasteiger partial charge in [0.15, 0.2) is 0 Å². The van der Waals surface area contributed by atoms with Crippen molar-refractivity contribution in [3.63, 3.8) is 0 Å². The molecule has 2 aromatic rings. The Morgan fingerprint density at radius 1 is 0.984 bits per heavy atom. The molecule has 0 radical (unpaired) electrons. The van der Waals surface area contributed by atoms with Gasteiger partial charge in [-0.25, -0.2) is 4.79 Å². The number of anilines is 1. The molecule has 334 valence electrons. The van der Waals surface area contributed by atoms with Gasteiger partial charge in [-0.1, -0.05) is 30.1 Å². The molecule has 15 heteroatoms. The molecule has 0 bridgehead atoms. The van der Waals surface area contributed by atoms with Gasteiger partial charge in [0.1, 0.15) is 35.6 Å². The number of allylic oxidation sites excluding steroid dienone is 1. The van der Waals surface area contributed by atoms with Gasteiger partial charge in [-0.2, -0.15) is 0 Å². The zero-order valence-corrected chi connectivity index (χ0v) is 35.7. The maximum atomic E-state index is 14.5.